The van der Waals surface area contributed by atoms with E-state index < -0.39 is 0 Å². The lowest BCUT2D eigenvalue weighted by Gasteiger charge is -1.96. The molecule has 0 saturated heterocycles. The van der Waals surface area contributed by atoms with Crippen molar-refractivity contribution in [2.75, 3.05) is 0 Å². The van der Waals surface area contributed by atoms with Crippen LogP contribution >= 0.6 is 22.7 Å². The number of thiophene rings is 1. The van der Waals surface area contributed by atoms with Gasteiger partial charge in [0.25, 0.3) is 0 Å². The van der Waals surface area contributed by atoms with Crippen molar-refractivity contribution < 1.29 is 0 Å². The molecule has 2 aromatic heterocycles. The Morgan fingerprint density at radius 2 is 2.00 bits per heavy atom. The van der Waals surface area contributed by atoms with E-state index in [1.165, 1.54) is 16.9 Å². The van der Waals surface area contributed by atoms with Gasteiger partial charge in [0.05, 0.1) is 16.1 Å². The van der Waals surface area contributed by atoms with Gasteiger partial charge in [-0.3, -0.25) is 0 Å². The highest BCUT2D eigenvalue weighted by atomic mass is 32.1. The lowest BCUT2D eigenvalue weighted by Crippen LogP contribution is -1.82. The molecular formula is C17H12N2S2. The maximum Gasteiger partial charge on any atom is 0.134 e. The van der Waals surface area contributed by atoms with Crippen molar-refractivity contribution in [3.63, 3.8) is 0 Å². The molecule has 0 aliphatic carbocycles. The third-order valence-electron chi connectivity index (χ3n) is 3.02. The summed E-state index contributed by atoms with van der Waals surface area (Å²) in [6.07, 6.45) is 1.89. The maximum absolute atomic E-state index is 9.39. The standard InChI is InChI=1S/C17H12N2S2/c1-12-4-6-13(7-5-12)9-14(10-18)17-19-15(11-21-17)16-3-2-8-20-16/h2-9,11H,1H3/b14-9+. The molecule has 1 aromatic carbocycles. The Morgan fingerprint density at radius 3 is 2.67 bits per heavy atom. The van der Waals surface area contributed by atoms with Crippen LogP contribution in [0.25, 0.3) is 22.2 Å². The van der Waals surface area contributed by atoms with Crippen LogP contribution in [0.2, 0.25) is 0 Å². The van der Waals surface area contributed by atoms with Crippen molar-refractivity contribution in [1.82, 2.24) is 4.98 Å². The molecule has 0 aliphatic rings. The lowest BCUT2D eigenvalue weighted by atomic mass is 10.1. The monoisotopic (exact) mass is 308 g/mol. The molecule has 3 rings (SSSR count). The van der Waals surface area contributed by atoms with Gasteiger partial charge >= 0.3 is 0 Å². The zero-order valence-corrected chi connectivity index (χ0v) is 13.0. The molecule has 2 heterocycles. The summed E-state index contributed by atoms with van der Waals surface area (Å²) in [5, 5.41) is 14.2. The zero-order chi connectivity index (χ0) is 14.7. The number of nitrogens with zero attached hydrogens (tertiary/aromatic N) is 2. The van der Waals surface area contributed by atoms with Crippen molar-refractivity contribution >= 4 is 34.3 Å². The molecule has 102 valence electrons. The van der Waals surface area contributed by atoms with Gasteiger partial charge in [0.15, 0.2) is 0 Å². The third kappa shape index (κ3) is 3.10. The van der Waals surface area contributed by atoms with Crippen LogP contribution in [-0.2, 0) is 0 Å². The average molecular weight is 308 g/mol. The molecule has 2 nitrogen and oxygen atoms in total. The number of rotatable bonds is 3. The first-order valence-electron chi connectivity index (χ1n) is 6.44. The van der Waals surface area contributed by atoms with E-state index in [2.05, 4.69) is 11.1 Å². The summed E-state index contributed by atoms with van der Waals surface area (Å²) in [4.78, 5) is 5.71. The Kier molecular flexibility index (Phi) is 3.96. The van der Waals surface area contributed by atoms with Crippen molar-refractivity contribution in [3.05, 3.63) is 63.3 Å². The van der Waals surface area contributed by atoms with Crippen LogP contribution in [-0.4, -0.2) is 4.98 Å². The first-order chi connectivity index (χ1) is 10.3. The topological polar surface area (TPSA) is 36.7 Å². The van der Waals surface area contributed by atoms with Gasteiger partial charge in [-0.15, -0.1) is 22.7 Å². The smallest absolute Gasteiger partial charge is 0.134 e. The molecule has 0 aliphatic heterocycles. The summed E-state index contributed by atoms with van der Waals surface area (Å²) in [6, 6.07) is 14.4. The predicted molar refractivity (Wildman–Crippen MR) is 90.1 cm³/mol. The fraction of sp³-hybridized carbons (Fsp3) is 0.0588. The molecule has 4 heteroatoms. The van der Waals surface area contributed by atoms with E-state index in [-0.39, 0.29) is 0 Å². The number of aromatic nitrogens is 1. The molecule has 21 heavy (non-hydrogen) atoms. The SMILES string of the molecule is Cc1ccc(/C=C(\C#N)c2nc(-c3cccs3)cs2)cc1. The van der Waals surface area contributed by atoms with Crippen LogP contribution in [0, 0.1) is 18.3 Å². The molecular weight excluding hydrogens is 296 g/mol. The van der Waals surface area contributed by atoms with Gasteiger partial charge in [0.2, 0.25) is 0 Å². The summed E-state index contributed by atoms with van der Waals surface area (Å²) in [5.41, 5.74) is 3.77. The highest BCUT2D eigenvalue weighted by Gasteiger charge is 2.09. The van der Waals surface area contributed by atoms with E-state index >= 15 is 0 Å². The second-order valence-corrected chi connectivity index (χ2v) is 6.40. The van der Waals surface area contributed by atoms with E-state index in [4.69, 9.17) is 0 Å². The Balaban J connectivity index is 1.94. The molecule has 0 atom stereocenters. The Labute approximate surface area is 131 Å². The first-order valence-corrected chi connectivity index (χ1v) is 8.20. The Hall–Kier alpha value is -2.22. The maximum atomic E-state index is 9.39. The molecule has 0 spiro atoms. The Bertz CT molecular complexity index is 803. The van der Waals surface area contributed by atoms with Crippen LogP contribution in [0.1, 0.15) is 16.1 Å². The average Bonchev–Trinajstić information content (AvgIpc) is 3.17. The summed E-state index contributed by atoms with van der Waals surface area (Å²) >= 11 is 3.16. The van der Waals surface area contributed by atoms with Crippen molar-refractivity contribution in [3.8, 4) is 16.6 Å². The van der Waals surface area contributed by atoms with Gasteiger partial charge in [-0.2, -0.15) is 5.26 Å². The van der Waals surface area contributed by atoms with Crippen LogP contribution in [0.3, 0.4) is 0 Å². The largest absolute Gasteiger partial charge is 0.234 e. The summed E-state index contributed by atoms with van der Waals surface area (Å²) in [7, 11) is 0. The second kappa shape index (κ2) is 6.04. The zero-order valence-electron chi connectivity index (χ0n) is 11.4. The second-order valence-electron chi connectivity index (χ2n) is 4.60. The number of nitriles is 1. The number of hydrogen-bond acceptors (Lipinski definition) is 4. The van der Waals surface area contributed by atoms with E-state index in [0.29, 0.717) is 5.57 Å². The molecule has 0 amide bonds. The first kappa shape index (κ1) is 13.7. The van der Waals surface area contributed by atoms with Gasteiger partial charge < -0.3 is 0 Å². The van der Waals surface area contributed by atoms with Gasteiger partial charge in [-0.25, -0.2) is 4.98 Å². The summed E-state index contributed by atoms with van der Waals surface area (Å²) in [5.74, 6) is 0. The highest BCUT2D eigenvalue weighted by molar-refractivity contribution is 7.14. The molecule has 0 bridgehead atoms. The summed E-state index contributed by atoms with van der Waals surface area (Å²) < 4.78 is 0. The fourth-order valence-corrected chi connectivity index (χ4v) is 3.45. The minimum atomic E-state index is 0.603. The number of allylic oxidation sites excluding steroid dienone is 1. The van der Waals surface area contributed by atoms with E-state index in [1.54, 1.807) is 11.3 Å². The number of aryl methyl sites for hydroxylation is 1. The number of thiazole rings is 1. The van der Waals surface area contributed by atoms with Gasteiger partial charge in [-0.1, -0.05) is 35.9 Å². The van der Waals surface area contributed by atoms with Gasteiger partial charge in [-0.05, 0) is 30.0 Å². The van der Waals surface area contributed by atoms with E-state index in [1.807, 2.05) is 60.2 Å². The van der Waals surface area contributed by atoms with E-state index in [9.17, 15) is 5.26 Å². The molecule has 0 saturated carbocycles. The van der Waals surface area contributed by atoms with Crippen molar-refractivity contribution in [2.24, 2.45) is 0 Å². The third-order valence-corrected chi connectivity index (χ3v) is 4.78. The molecule has 0 radical (unpaired) electrons. The van der Waals surface area contributed by atoms with Crippen molar-refractivity contribution in [1.29, 1.82) is 5.26 Å². The summed E-state index contributed by atoms with van der Waals surface area (Å²) in [6.45, 7) is 2.05. The van der Waals surface area contributed by atoms with Crippen LogP contribution in [0.4, 0.5) is 0 Å². The molecule has 3 aromatic rings. The van der Waals surface area contributed by atoms with Crippen LogP contribution in [0.5, 0.6) is 0 Å². The van der Waals surface area contributed by atoms with Gasteiger partial charge in [0.1, 0.15) is 11.1 Å². The number of hydrogen-bond donors (Lipinski definition) is 0. The fourth-order valence-electron chi connectivity index (χ4n) is 1.91. The lowest BCUT2D eigenvalue weighted by molar-refractivity contribution is 1.38. The Morgan fingerprint density at radius 1 is 1.19 bits per heavy atom. The number of benzene rings is 1. The minimum Gasteiger partial charge on any atom is -0.234 e. The normalized spacial score (nSPS) is 11.3. The molecule has 0 unspecified atom stereocenters. The minimum absolute atomic E-state index is 0.603. The van der Waals surface area contributed by atoms with Gasteiger partial charge in [0, 0.05) is 5.38 Å². The molecule has 0 N–H and O–H groups in total. The highest BCUT2D eigenvalue weighted by Crippen LogP contribution is 2.29. The van der Waals surface area contributed by atoms with Crippen molar-refractivity contribution in [2.45, 2.75) is 6.92 Å². The molecule has 0 fully saturated rings. The quantitative estimate of drug-likeness (QED) is 0.620. The van der Waals surface area contributed by atoms with E-state index in [0.717, 1.165) is 21.1 Å². The van der Waals surface area contributed by atoms with Crippen LogP contribution < -0.4 is 0 Å². The van der Waals surface area contributed by atoms with Crippen LogP contribution in [0.15, 0.2) is 47.2 Å². The predicted octanol–water partition coefficient (Wildman–Crippen LogP) is 5.24.